The fraction of sp³-hybridized carbons (Fsp3) is 0.579. The van der Waals surface area contributed by atoms with Gasteiger partial charge in [0.1, 0.15) is 11.4 Å². The van der Waals surface area contributed by atoms with Crippen molar-refractivity contribution in [2.24, 2.45) is 5.92 Å². The summed E-state index contributed by atoms with van der Waals surface area (Å²) in [5, 5.41) is 13.3. The van der Waals surface area contributed by atoms with E-state index in [4.69, 9.17) is 4.74 Å². The molecule has 1 aromatic carbocycles. The van der Waals surface area contributed by atoms with Gasteiger partial charge in [0, 0.05) is 12.3 Å². The standard InChI is InChI=1S/C19H29NO4/c1-6-16(21)13(2)17(22)15(12-14-10-8-7-9-11-14)20-18(23)24-19(3,4)5/h7-11,13,15,17,22H,6,12H2,1-5H3,(H,20,23)/t13-,15+,17+/m1/s1. The van der Waals surface area contributed by atoms with Crippen LogP contribution in [0.2, 0.25) is 0 Å². The van der Waals surface area contributed by atoms with Gasteiger partial charge in [-0.25, -0.2) is 4.79 Å². The third kappa shape index (κ3) is 6.71. The molecule has 0 aromatic heterocycles. The van der Waals surface area contributed by atoms with Gasteiger partial charge >= 0.3 is 6.09 Å². The Balaban J connectivity index is 2.90. The number of amides is 1. The molecule has 5 heteroatoms. The van der Waals surface area contributed by atoms with Gasteiger partial charge in [-0.3, -0.25) is 4.79 Å². The first-order valence-electron chi connectivity index (χ1n) is 8.38. The van der Waals surface area contributed by atoms with Crippen LogP contribution in [0.25, 0.3) is 0 Å². The second-order valence-corrected chi connectivity index (χ2v) is 7.04. The van der Waals surface area contributed by atoms with E-state index in [0.717, 1.165) is 5.56 Å². The third-order valence-corrected chi connectivity index (χ3v) is 3.78. The molecule has 2 N–H and O–H groups in total. The fourth-order valence-corrected chi connectivity index (χ4v) is 2.45. The van der Waals surface area contributed by atoms with E-state index in [1.54, 1.807) is 34.6 Å². The summed E-state index contributed by atoms with van der Waals surface area (Å²) in [6.07, 6.45) is -0.811. The van der Waals surface area contributed by atoms with Gasteiger partial charge in [-0.05, 0) is 32.8 Å². The Morgan fingerprint density at radius 1 is 1.21 bits per heavy atom. The number of ketones is 1. The number of carbonyl (C=O) groups is 2. The lowest BCUT2D eigenvalue weighted by atomic mass is 9.89. The molecule has 0 radical (unpaired) electrons. The maximum atomic E-state index is 12.1. The van der Waals surface area contributed by atoms with Crippen molar-refractivity contribution in [3.05, 3.63) is 35.9 Å². The monoisotopic (exact) mass is 335 g/mol. The Hall–Kier alpha value is -1.88. The number of carbonyl (C=O) groups excluding carboxylic acids is 2. The van der Waals surface area contributed by atoms with Crippen molar-refractivity contribution >= 4 is 11.9 Å². The molecule has 0 aliphatic rings. The van der Waals surface area contributed by atoms with Crippen LogP contribution in [0.3, 0.4) is 0 Å². The summed E-state index contributed by atoms with van der Waals surface area (Å²) < 4.78 is 5.28. The van der Waals surface area contributed by atoms with Gasteiger partial charge in [0.2, 0.25) is 0 Å². The molecule has 0 bridgehead atoms. The van der Waals surface area contributed by atoms with Gasteiger partial charge in [0.05, 0.1) is 12.1 Å². The number of rotatable bonds is 7. The molecule has 0 unspecified atom stereocenters. The second kappa shape index (κ2) is 8.83. The first-order valence-corrected chi connectivity index (χ1v) is 8.38. The van der Waals surface area contributed by atoms with Crippen molar-refractivity contribution in [2.75, 3.05) is 0 Å². The predicted octanol–water partition coefficient (Wildman–Crippen LogP) is 3.10. The quantitative estimate of drug-likeness (QED) is 0.803. The van der Waals surface area contributed by atoms with Crippen LogP contribution in [-0.4, -0.2) is 34.7 Å². The Morgan fingerprint density at radius 2 is 1.79 bits per heavy atom. The highest BCUT2D eigenvalue weighted by molar-refractivity contribution is 5.81. The lowest BCUT2D eigenvalue weighted by Crippen LogP contribution is -2.50. The van der Waals surface area contributed by atoms with E-state index in [0.29, 0.717) is 12.8 Å². The maximum absolute atomic E-state index is 12.1. The molecule has 1 aromatic rings. The highest BCUT2D eigenvalue weighted by Gasteiger charge is 2.31. The molecule has 3 atom stereocenters. The van der Waals surface area contributed by atoms with Gasteiger partial charge in [-0.1, -0.05) is 44.2 Å². The molecule has 1 rings (SSSR count). The first-order chi connectivity index (χ1) is 11.1. The average molecular weight is 335 g/mol. The van der Waals surface area contributed by atoms with Gasteiger partial charge in [0.15, 0.2) is 0 Å². The summed E-state index contributed by atoms with van der Waals surface area (Å²) in [4.78, 5) is 24.0. The van der Waals surface area contributed by atoms with Crippen molar-refractivity contribution in [3.63, 3.8) is 0 Å². The minimum Gasteiger partial charge on any atom is -0.444 e. The summed E-state index contributed by atoms with van der Waals surface area (Å²) in [5.41, 5.74) is 0.339. The molecule has 0 fully saturated rings. The smallest absolute Gasteiger partial charge is 0.407 e. The van der Waals surface area contributed by atoms with Crippen molar-refractivity contribution in [1.82, 2.24) is 5.32 Å². The molecule has 24 heavy (non-hydrogen) atoms. The minimum absolute atomic E-state index is 0.0356. The summed E-state index contributed by atoms with van der Waals surface area (Å²) in [6.45, 7) is 8.78. The normalized spacial score (nSPS) is 15.2. The lowest BCUT2D eigenvalue weighted by Gasteiger charge is -2.29. The van der Waals surface area contributed by atoms with Crippen molar-refractivity contribution < 1.29 is 19.4 Å². The highest BCUT2D eigenvalue weighted by Crippen LogP contribution is 2.16. The van der Waals surface area contributed by atoms with Gasteiger partial charge in [-0.15, -0.1) is 0 Å². The van der Waals surface area contributed by atoms with E-state index in [1.807, 2.05) is 30.3 Å². The number of nitrogens with one attached hydrogen (secondary N) is 1. The molecular formula is C19H29NO4. The zero-order valence-corrected chi connectivity index (χ0v) is 15.2. The van der Waals surface area contributed by atoms with Crippen molar-refractivity contribution in [2.45, 2.75) is 65.2 Å². The molecule has 1 amide bonds. The summed E-state index contributed by atoms with van der Waals surface area (Å²) in [6, 6.07) is 8.93. The lowest BCUT2D eigenvalue weighted by molar-refractivity contribution is -0.126. The largest absolute Gasteiger partial charge is 0.444 e. The van der Waals surface area contributed by atoms with E-state index < -0.39 is 29.8 Å². The molecule has 134 valence electrons. The highest BCUT2D eigenvalue weighted by atomic mass is 16.6. The van der Waals surface area contributed by atoms with Crippen molar-refractivity contribution in [1.29, 1.82) is 0 Å². The third-order valence-electron chi connectivity index (χ3n) is 3.78. The van der Waals surface area contributed by atoms with Gasteiger partial charge < -0.3 is 15.2 Å². The molecular weight excluding hydrogens is 306 g/mol. The molecule has 0 heterocycles. The Bertz CT molecular complexity index is 536. The zero-order valence-electron chi connectivity index (χ0n) is 15.2. The van der Waals surface area contributed by atoms with Crippen LogP contribution in [0.15, 0.2) is 30.3 Å². The average Bonchev–Trinajstić information content (AvgIpc) is 2.51. The SMILES string of the molecule is CCC(=O)[C@@H](C)[C@H](O)[C@H](Cc1ccccc1)NC(=O)OC(C)(C)C. The summed E-state index contributed by atoms with van der Waals surface area (Å²) >= 11 is 0. The number of benzene rings is 1. The second-order valence-electron chi connectivity index (χ2n) is 7.04. The molecule has 0 saturated carbocycles. The molecule has 0 spiro atoms. The van der Waals surface area contributed by atoms with E-state index in [2.05, 4.69) is 5.32 Å². The van der Waals surface area contributed by atoms with E-state index in [9.17, 15) is 14.7 Å². The minimum atomic E-state index is -0.981. The Morgan fingerprint density at radius 3 is 2.29 bits per heavy atom. The number of hydrogen-bond donors (Lipinski definition) is 2. The Labute approximate surface area is 144 Å². The Kier molecular flexibility index (Phi) is 7.42. The first kappa shape index (κ1) is 20.2. The number of alkyl carbamates (subject to hydrolysis) is 1. The van der Waals surface area contributed by atoms with Gasteiger partial charge in [-0.2, -0.15) is 0 Å². The number of Topliss-reactive ketones (excluding diaryl/α,β-unsaturated/α-hetero) is 1. The van der Waals surface area contributed by atoms with Crippen molar-refractivity contribution in [3.8, 4) is 0 Å². The fourth-order valence-electron chi connectivity index (χ4n) is 2.45. The van der Waals surface area contributed by atoms with Crippen LogP contribution in [0.4, 0.5) is 4.79 Å². The number of ether oxygens (including phenoxy) is 1. The molecule has 0 aliphatic carbocycles. The number of hydrogen-bond acceptors (Lipinski definition) is 4. The van der Waals surface area contributed by atoms with Crippen LogP contribution in [0.1, 0.15) is 46.6 Å². The zero-order chi connectivity index (χ0) is 18.3. The van der Waals surface area contributed by atoms with Crippen LogP contribution in [0, 0.1) is 5.92 Å². The van der Waals surface area contributed by atoms with E-state index in [-0.39, 0.29) is 5.78 Å². The van der Waals surface area contributed by atoms with E-state index in [1.165, 1.54) is 0 Å². The predicted molar refractivity (Wildman–Crippen MR) is 93.8 cm³/mol. The summed E-state index contributed by atoms with van der Waals surface area (Å²) in [7, 11) is 0. The van der Waals surface area contributed by atoms with Gasteiger partial charge in [0.25, 0.3) is 0 Å². The van der Waals surface area contributed by atoms with Crippen LogP contribution >= 0.6 is 0 Å². The molecule has 5 nitrogen and oxygen atoms in total. The number of aliphatic hydroxyl groups is 1. The maximum Gasteiger partial charge on any atom is 0.407 e. The summed E-state index contributed by atoms with van der Waals surface area (Å²) in [5.74, 6) is -0.592. The topological polar surface area (TPSA) is 75.6 Å². The van der Waals surface area contributed by atoms with Crippen LogP contribution in [0.5, 0.6) is 0 Å². The number of aliphatic hydroxyl groups excluding tert-OH is 1. The van der Waals surface area contributed by atoms with Crippen LogP contribution in [-0.2, 0) is 16.0 Å². The van der Waals surface area contributed by atoms with Crippen LogP contribution < -0.4 is 5.32 Å². The van der Waals surface area contributed by atoms with E-state index >= 15 is 0 Å². The molecule has 0 saturated heterocycles. The molecule has 0 aliphatic heterocycles.